The van der Waals surface area contributed by atoms with Gasteiger partial charge in [0.2, 0.25) is 17.6 Å². The molecular formula is C25H41N7O4. The number of aryl methyl sites for hydroxylation is 1. The average molecular weight is 504 g/mol. The number of hydrogen-bond donors (Lipinski definition) is 1. The van der Waals surface area contributed by atoms with Gasteiger partial charge in [0.15, 0.2) is 5.76 Å². The fourth-order valence-corrected chi connectivity index (χ4v) is 4.19. The predicted octanol–water partition coefficient (Wildman–Crippen LogP) is 2.12. The normalized spacial score (nSPS) is 15.8. The molecule has 0 radical (unpaired) electrons. The first-order valence-electron chi connectivity index (χ1n) is 12.8. The van der Waals surface area contributed by atoms with Gasteiger partial charge in [0.1, 0.15) is 18.3 Å². The Kier molecular flexibility index (Phi) is 9.61. The molecule has 1 atom stereocenters. The van der Waals surface area contributed by atoms with E-state index < -0.39 is 11.6 Å². The van der Waals surface area contributed by atoms with E-state index in [1.165, 1.54) is 4.80 Å². The van der Waals surface area contributed by atoms with E-state index in [0.29, 0.717) is 24.6 Å². The number of rotatable bonds is 11. The second-order valence-electron chi connectivity index (χ2n) is 10.8. The zero-order valence-corrected chi connectivity index (χ0v) is 22.5. The summed E-state index contributed by atoms with van der Waals surface area (Å²) >= 11 is 0. The third-order valence-electron chi connectivity index (χ3n) is 5.86. The van der Waals surface area contributed by atoms with Crippen molar-refractivity contribution in [2.24, 2.45) is 5.92 Å². The lowest BCUT2D eigenvalue weighted by Gasteiger charge is -2.35. The van der Waals surface area contributed by atoms with Crippen LogP contribution >= 0.6 is 0 Å². The molecule has 3 heterocycles. The fraction of sp³-hybridized carbons (Fsp3) is 0.720. The molecule has 11 nitrogen and oxygen atoms in total. The average Bonchev–Trinajstić information content (AvgIpc) is 3.43. The number of carbonyl (C=O) groups is 2. The summed E-state index contributed by atoms with van der Waals surface area (Å²) in [5.74, 6) is 1.43. The quantitative estimate of drug-likeness (QED) is 0.495. The summed E-state index contributed by atoms with van der Waals surface area (Å²) < 4.78 is 11.0. The standard InChI is InChI=1S/C25H41N7O4/c1-18(2)16-20(24(34)26-25(4,5)6)31(11-7-10-30-12-14-35-15-13-30)22(33)17-32-28-23(27-29-32)21-9-8-19(3)36-21/h8-9,18,20H,7,10-17H2,1-6H3,(H,26,34)/t20-/m1/s1. The van der Waals surface area contributed by atoms with Crippen molar-refractivity contribution >= 4 is 11.8 Å². The van der Waals surface area contributed by atoms with Crippen molar-refractivity contribution in [1.29, 1.82) is 0 Å². The van der Waals surface area contributed by atoms with Crippen LogP contribution in [0, 0.1) is 12.8 Å². The first-order chi connectivity index (χ1) is 17.0. The van der Waals surface area contributed by atoms with Crippen molar-refractivity contribution in [1.82, 2.24) is 35.3 Å². The molecule has 200 valence electrons. The molecule has 1 fully saturated rings. The van der Waals surface area contributed by atoms with Crippen molar-refractivity contribution < 1.29 is 18.7 Å². The monoisotopic (exact) mass is 503 g/mol. The molecule has 2 aromatic heterocycles. The zero-order valence-electron chi connectivity index (χ0n) is 22.5. The molecule has 0 unspecified atom stereocenters. The number of nitrogens with zero attached hydrogens (tertiary/aromatic N) is 6. The van der Waals surface area contributed by atoms with E-state index in [4.69, 9.17) is 9.15 Å². The Bertz CT molecular complexity index is 989. The highest BCUT2D eigenvalue weighted by Gasteiger charge is 2.32. The largest absolute Gasteiger partial charge is 0.458 e. The lowest BCUT2D eigenvalue weighted by atomic mass is 9.99. The molecule has 3 rings (SSSR count). The zero-order chi connectivity index (χ0) is 26.3. The Labute approximate surface area is 213 Å². The number of furan rings is 1. The van der Waals surface area contributed by atoms with Gasteiger partial charge in [0, 0.05) is 31.7 Å². The van der Waals surface area contributed by atoms with Gasteiger partial charge in [-0.2, -0.15) is 4.80 Å². The third kappa shape index (κ3) is 8.41. The molecule has 2 amide bonds. The molecule has 1 aliphatic rings. The van der Waals surface area contributed by atoms with Crippen molar-refractivity contribution in [3.05, 3.63) is 17.9 Å². The topological polar surface area (TPSA) is 119 Å². The smallest absolute Gasteiger partial charge is 0.246 e. The van der Waals surface area contributed by atoms with E-state index in [1.807, 2.05) is 33.8 Å². The minimum Gasteiger partial charge on any atom is -0.458 e. The lowest BCUT2D eigenvalue weighted by Crippen LogP contribution is -2.55. The summed E-state index contributed by atoms with van der Waals surface area (Å²) in [4.78, 5) is 32.2. The van der Waals surface area contributed by atoms with E-state index in [0.717, 1.165) is 45.0 Å². The second-order valence-corrected chi connectivity index (χ2v) is 10.8. The summed E-state index contributed by atoms with van der Waals surface area (Å²) in [6, 6.07) is 3.00. The summed E-state index contributed by atoms with van der Waals surface area (Å²) in [7, 11) is 0. The molecule has 0 aliphatic carbocycles. The highest BCUT2D eigenvalue weighted by molar-refractivity contribution is 5.88. The maximum absolute atomic E-state index is 13.6. The van der Waals surface area contributed by atoms with Crippen LogP contribution in [0.15, 0.2) is 16.5 Å². The maximum atomic E-state index is 13.6. The number of hydrogen-bond acceptors (Lipinski definition) is 8. The van der Waals surface area contributed by atoms with Crippen LogP contribution in [0.25, 0.3) is 11.6 Å². The van der Waals surface area contributed by atoms with Gasteiger partial charge in [0.25, 0.3) is 0 Å². The molecular weight excluding hydrogens is 462 g/mol. The number of ether oxygens (including phenoxy) is 1. The van der Waals surface area contributed by atoms with Crippen LogP contribution in [0.2, 0.25) is 0 Å². The van der Waals surface area contributed by atoms with Crippen molar-refractivity contribution in [2.45, 2.75) is 72.5 Å². The SMILES string of the molecule is Cc1ccc(-c2nnn(CC(=O)N(CCCN3CCOCC3)[C@H](CC(C)C)C(=O)NC(C)(C)C)n2)o1. The van der Waals surface area contributed by atoms with Crippen LogP contribution in [0.3, 0.4) is 0 Å². The molecule has 0 aromatic carbocycles. The Balaban J connectivity index is 1.76. The second kappa shape index (κ2) is 12.4. The molecule has 0 bridgehead atoms. The van der Waals surface area contributed by atoms with Crippen molar-refractivity contribution in [2.75, 3.05) is 39.4 Å². The highest BCUT2D eigenvalue weighted by atomic mass is 16.5. The first-order valence-corrected chi connectivity index (χ1v) is 12.8. The fourth-order valence-electron chi connectivity index (χ4n) is 4.19. The van der Waals surface area contributed by atoms with Crippen LogP contribution in [0.1, 0.15) is 53.2 Å². The molecule has 0 spiro atoms. The van der Waals surface area contributed by atoms with E-state index in [-0.39, 0.29) is 24.3 Å². The van der Waals surface area contributed by atoms with Gasteiger partial charge < -0.3 is 19.4 Å². The van der Waals surface area contributed by atoms with Gasteiger partial charge in [0.05, 0.1) is 13.2 Å². The molecule has 1 aliphatic heterocycles. The minimum atomic E-state index is -0.586. The number of nitrogens with one attached hydrogen (secondary N) is 1. The molecule has 2 aromatic rings. The Morgan fingerprint density at radius 3 is 2.53 bits per heavy atom. The Morgan fingerprint density at radius 2 is 1.92 bits per heavy atom. The maximum Gasteiger partial charge on any atom is 0.246 e. The van der Waals surface area contributed by atoms with E-state index in [1.54, 1.807) is 11.0 Å². The molecule has 1 saturated heterocycles. The van der Waals surface area contributed by atoms with Gasteiger partial charge in [-0.3, -0.25) is 14.5 Å². The number of carbonyl (C=O) groups excluding carboxylic acids is 2. The highest BCUT2D eigenvalue weighted by Crippen LogP contribution is 2.18. The molecule has 36 heavy (non-hydrogen) atoms. The molecule has 0 saturated carbocycles. The van der Waals surface area contributed by atoms with Crippen LogP contribution in [-0.2, 0) is 20.9 Å². The van der Waals surface area contributed by atoms with Gasteiger partial charge in [-0.05, 0) is 63.8 Å². The van der Waals surface area contributed by atoms with Crippen LogP contribution < -0.4 is 5.32 Å². The summed E-state index contributed by atoms with van der Waals surface area (Å²) in [6.07, 6.45) is 1.32. The van der Waals surface area contributed by atoms with Gasteiger partial charge in [-0.1, -0.05) is 13.8 Å². The number of amides is 2. The molecule has 11 heteroatoms. The van der Waals surface area contributed by atoms with Crippen molar-refractivity contribution in [3.63, 3.8) is 0 Å². The van der Waals surface area contributed by atoms with Crippen LogP contribution in [0.5, 0.6) is 0 Å². The van der Waals surface area contributed by atoms with E-state index >= 15 is 0 Å². The van der Waals surface area contributed by atoms with Gasteiger partial charge in [-0.15, -0.1) is 10.2 Å². The predicted molar refractivity (Wildman–Crippen MR) is 135 cm³/mol. The summed E-state index contributed by atoms with van der Waals surface area (Å²) in [6.45, 7) is 16.2. The van der Waals surface area contributed by atoms with Crippen LogP contribution in [0.4, 0.5) is 0 Å². The number of tetrazole rings is 1. The summed E-state index contributed by atoms with van der Waals surface area (Å²) in [5.41, 5.74) is -0.404. The first kappa shape index (κ1) is 27.8. The third-order valence-corrected chi connectivity index (χ3v) is 5.86. The number of morpholine rings is 1. The van der Waals surface area contributed by atoms with E-state index in [9.17, 15) is 9.59 Å². The minimum absolute atomic E-state index is 0.109. The van der Waals surface area contributed by atoms with Crippen LogP contribution in [-0.4, -0.2) is 92.8 Å². The Morgan fingerprint density at radius 1 is 1.19 bits per heavy atom. The Hall–Kier alpha value is -2.79. The lowest BCUT2D eigenvalue weighted by molar-refractivity contribution is -0.142. The molecule has 1 N–H and O–H groups in total. The van der Waals surface area contributed by atoms with Crippen molar-refractivity contribution in [3.8, 4) is 11.6 Å². The van der Waals surface area contributed by atoms with Gasteiger partial charge >= 0.3 is 0 Å². The number of aromatic nitrogens is 4. The summed E-state index contributed by atoms with van der Waals surface area (Å²) in [5, 5.41) is 15.5. The van der Waals surface area contributed by atoms with E-state index in [2.05, 4.69) is 39.5 Å². The van der Waals surface area contributed by atoms with Gasteiger partial charge in [-0.25, -0.2) is 0 Å².